The fourth-order valence-corrected chi connectivity index (χ4v) is 4.61. The van der Waals surface area contributed by atoms with Crippen molar-refractivity contribution in [2.24, 2.45) is 0 Å². The molecule has 1 atom stereocenters. The number of carbonyl (C=O) groups excluding carboxylic acids is 1. The molecule has 6 heteroatoms. The van der Waals surface area contributed by atoms with Gasteiger partial charge in [-0.05, 0) is 49.6 Å². The third kappa shape index (κ3) is 4.59. The van der Waals surface area contributed by atoms with Crippen molar-refractivity contribution in [1.82, 2.24) is 9.88 Å². The van der Waals surface area contributed by atoms with Crippen molar-refractivity contribution in [1.29, 1.82) is 0 Å². The van der Waals surface area contributed by atoms with Crippen molar-refractivity contribution >= 4 is 29.2 Å². The number of nitrogens with zero attached hydrogens (tertiary/aromatic N) is 2. The van der Waals surface area contributed by atoms with Crippen LogP contribution in [-0.2, 0) is 9.53 Å². The summed E-state index contributed by atoms with van der Waals surface area (Å²) in [6.07, 6.45) is 5.53. The van der Waals surface area contributed by atoms with Gasteiger partial charge in [0.25, 0.3) is 5.91 Å². The summed E-state index contributed by atoms with van der Waals surface area (Å²) >= 11 is 0. The second-order valence-electron chi connectivity index (χ2n) is 8.73. The molecule has 32 heavy (non-hydrogen) atoms. The number of pyridine rings is 1. The molecule has 5 rings (SSSR count). The summed E-state index contributed by atoms with van der Waals surface area (Å²) in [6, 6.07) is 18.5. The molecule has 3 aromatic rings. The van der Waals surface area contributed by atoms with Gasteiger partial charge in [-0.3, -0.25) is 9.78 Å². The lowest BCUT2D eigenvalue weighted by Crippen LogP contribution is -2.50. The van der Waals surface area contributed by atoms with Gasteiger partial charge in [0.1, 0.15) is 17.5 Å². The summed E-state index contributed by atoms with van der Waals surface area (Å²) in [5.41, 5.74) is 2.60. The molecule has 1 aromatic heterocycles. The summed E-state index contributed by atoms with van der Waals surface area (Å²) in [7, 11) is 0. The third-order valence-electron chi connectivity index (χ3n) is 6.48. The monoisotopic (exact) mass is 452 g/mol. The lowest BCUT2D eigenvalue weighted by Gasteiger charge is -2.36. The number of rotatable bonds is 4. The average Bonchev–Trinajstić information content (AvgIpc) is 3.27. The van der Waals surface area contributed by atoms with E-state index in [0.29, 0.717) is 6.61 Å². The normalized spacial score (nSPS) is 21.3. The zero-order valence-electron chi connectivity index (χ0n) is 18.3. The highest BCUT2D eigenvalue weighted by molar-refractivity contribution is 5.86. The molecular weight excluding hydrogens is 424 g/mol. The van der Waals surface area contributed by atoms with E-state index in [1.165, 1.54) is 0 Å². The van der Waals surface area contributed by atoms with Gasteiger partial charge in [-0.1, -0.05) is 30.3 Å². The van der Waals surface area contributed by atoms with Crippen molar-refractivity contribution in [3.63, 3.8) is 0 Å². The van der Waals surface area contributed by atoms with Crippen molar-refractivity contribution in [3.05, 3.63) is 60.8 Å². The number of fused-ring (bicyclic) bond motifs is 1. The maximum Gasteiger partial charge on any atom is 0.254 e. The molecule has 2 aliphatic rings. The largest absolute Gasteiger partial charge is 0.490 e. The van der Waals surface area contributed by atoms with E-state index in [4.69, 9.17) is 9.47 Å². The molecule has 0 spiro atoms. The smallest absolute Gasteiger partial charge is 0.254 e. The fraction of sp³-hybridized carbons (Fsp3) is 0.385. The molecule has 3 heterocycles. The van der Waals surface area contributed by atoms with Crippen LogP contribution in [0.15, 0.2) is 60.8 Å². The van der Waals surface area contributed by atoms with Crippen molar-refractivity contribution < 1.29 is 14.3 Å². The molecule has 0 radical (unpaired) electrons. The van der Waals surface area contributed by atoms with Crippen LogP contribution >= 0.6 is 12.4 Å². The van der Waals surface area contributed by atoms with Gasteiger partial charge in [0.15, 0.2) is 0 Å². The Morgan fingerprint density at radius 3 is 2.56 bits per heavy atom. The molecule has 2 saturated heterocycles. The van der Waals surface area contributed by atoms with Crippen LogP contribution in [0.5, 0.6) is 5.75 Å². The van der Waals surface area contributed by atoms with Crippen LogP contribution in [0.25, 0.3) is 22.0 Å². The van der Waals surface area contributed by atoms with Gasteiger partial charge in [0.05, 0.1) is 5.52 Å². The molecule has 2 aromatic carbocycles. The van der Waals surface area contributed by atoms with E-state index in [9.17, 15) is 4.79 Å². The van der Waals surface area contributed by atoms with E-state index in [-0.39, 0.29) is 24.4 Å². The Balaban J connectivity index is 0.00000245. The van der Waals surface area contributed by atoms with Gasteiger partial charge in [-0.2, -0.15) is 0 Å². The van der Waals surface area contributed by atoms with E-state index < -0.39 is 5.60 Å². The first kappa shape index (κ1) is 22.6. The van der Waals surface area contributed by atoms with Gasteiger partial charge >= 0.3 is 0 Å². The molecule has 2 aliphatic heterocycles. The lowest BCUT2D eigenvalue weighted by molar-refractivity contribution is -0.152. The molecule has 0 bridgehead atoms. The third-order valence-corrected chi connectivity index (χ3v) is 6.48. The molecule has 0 saturated carbocycles. The van der Waals surface area contributed by atoms with Crippen LogP contribution in [0.3, 0.4) is 0 Å². The Bertz CT molecular complexity index is 1070. The number of para-hydroxylation sites is 1. The van der Waals surface area contributed by atoms with Gasteiger partial charge in [-0.15, -0.1) is 12.4 Å². The van der Waals surface area contributed by atoms with Gasteiger partial charge in [-0.25, -0.2) is 0 Å². The number of hydrogen-bond donors (Lipinski definition) is 0. The number of likely N-dealkylation sites (tertiary alicyclic amines) is 1. The number of aromatic nitrogens is 1. The maximum absolute atomic E-state index is 12.8. The van der Waals surface area contributed by atoms with E-state index in [0.717, 1.165) is 66.6 Å². The van der Waals surface area contributed by atoms with Crippen molar-refractivity contribution in [2.75, 3.05) is 19.7 Å². The fourth-order valence-electron chi connectivity index (χ4n) is 4.61. The van der Waals surface area contributed by atoms with Crippen LogP contribution < -0.4 is 4.74 Å². The van der Waals surface area contributed by atoms with Crippen LogP contribution in [0.1, 0.15) is 32.6 Å². The minimum absolute atomic E-state index is 0. The predicted octanol–water partition coefficient (Wildman–Crippen LogP) is 5.26. The van der Waals surface area contributed by atoms with Gasteiger partial charge < -0.3 is 14.4 Å². The first-order valence-electron chi connectivity index (χ1n) is 11.2. The van der Waals surface area contributed by atoms with Crippen LogP contribution in [-0.4, -0.2) is 47.2 Å². The SMILES string of the molecule is CC1(C(=O)N2CCC(Oc3ccc(-c4cnc5ccccc5c4)cc3)CC2)CCCO1.Cl. The molecule has 1 amide bonds. The Morgan fingerprint density at radius 2 is 1.84 bits per heavy atom. The highest BCUT2D eigenvalue weighted by Crippen LogP contribution is 2.30. The van der Waals surface area contributed by atoms with E-state index >= 15 is 0 Å². The molecular formula is C26H29ClN2O3. The first-order chi connectivity index (χ1) is 15.1. The van der Waals surface area contributed by atoms with Crippen LogP contribution in [0.4, 0.5) is 0 Å². The molecule has 2 fully saturated rings. The van der Waals surface area contributed by atoms with Crippen LogP contribution in [0.2, 0.25) is 0 Å². The highest BCUT2D eigenvalue weighted by atomic mass is 35.5. The van der Waals surface area contributed by atoms with Gasteiger partial charge in [0, 0.05) is 49.7 Å². The second-order valence-corrected chi connectivity index (χ2v) is 8.73. The second kappa shape index (κ2) is 9.47. The molecule has 168 valence electrons. The average molecular weight is 453 g/mol. The summed E-state index contributed by atoms with van der Waals surface area (Å²) in [4.78, 5) is 19.3. The standard InChI is InChI=1S/C26H28N2O3.ClH/c1-26(13-4-16-30-26)25(29)28-14-11-23(12-15-28)31-22-9-7-19(8-10-22)21-17-20-5-2-3-6-24(20)27-18-21;/h2-3,5-10,17-18,23H,4,11-16H2,1H3;1H. The Morgan fingerprint density at radius 1 is 1.09 bits per heavy atom. The molecule has 0 aliphatic carbocycles. The molecule has 1 unspecified atom stereocenters. The molecule has 0 N–H and O–H groups in total. The van der Waals surface area contributed by atoms with Crippen LogP contribution in [0, 0.1) is 0 Å². The minimum atomic E-state index is -0.624. The van der Waals surface area contributed by atoms with E-state index in [1.54, 1.807) is 0 Å². The zero-order chi connectivity index (χ0) is 21.3. The number of amides is 1. The highest BCUT2D eigenvalue weighted by Gasteiger charge is 2.41. The number of ether oxygens (including phenoxy) is 2. The predicted molar refractivity (Wildman–Crippen MR) is 128 cm³/mol. The Hall–Kier alpha value is -2.63. The van der Waals surface area contributed by atoms with E-state index in [1.807, 2.05) is 48.4 Å². The Kier molecular flexibility index (Phi) is 6.68. The quantitative estimate of drug-likeness (QED) is 0.541. The molecule has 5 nitrogen and oxygen atoms in total. The van der Waals surface area contributed by atoms with E-state index in [2.05, 4.69) is 29.2 Å². The summed E-state index contributed by atoms with van der Waals surface area (Å²) < 4.78 is 11.9. The summed E-state index contributed by atoms with van der Waals surface area (Å²) in [6.45, 7) is 4.07. The summed E-state index contributed by atoms with van der Waals surface area (Å²) in [5, 5.41) is 1.14. The summed E-state index contributed by atoms with van der Waals surface area (Å²) in [5.74, 6) is 1.00. The lowest BCUT2D eigenvalue weighted by atomic mass is 9.98. The topological polar surface area (TPSA) is 51.7 Å². The maximum atomic E-state index is 12.8. The number of hydrogen-bond acceptors (Lipinski definition) is 4. The number of carbonyl (C=O) groups is 1. The Labute approximate surface area is 195 Å². The number of halogens is 1. The minimum Gasteiger partial charge on any atom is -0.490 e. The van der Waals surface area contributed by atoms with Crippen molar-refractivity contribution in [2.45, 2.75) is 44.3 Å². The number of piperidine rings is 1. The number of benzene rings is 2. The van der Waals surface area contributed by atoms with Crippen molar-refractivity contribution in [3.8, 4) is 16.9 Å². The van der Waals surface area contributed by atoms with Gasteiger partial charge in [0.2, 0.25) is 0 Å². The zero-order valence-corrected chi connectivity index (χ0v) is 19.1. The first-order valence-corrected chi connectivity index (χ1v) is 11.2.